The molecule has 1 atom stereocenters. The van der Waals surface area contributed by atoms with Crippen molar-refractivity contribution in [2.24, 2.45) is 0 Å². The van der Waals surface area contributed by atoms with E-state index in [9.17, 15) is 9.59 Å². The number of hydrogen-bond acceptors (Lipinski definition) is 5. The molecule has 1 aromatic heterocycles. The van der Waals surface area contributed by atoms with Gasteiger partial charge in [0.25, 0.3) is 0 Å². The third kappa shape index (κ3) is 4.25. The van der Waals surface area contributed by atoms with Crippen LogP contribution in [0.1, 0.15) is 12.5 Å². The SMILES string of the molecule is COC(=O)N[C@@H](C)C(=O)NCc1cnn(-c2ccccc2OC)c1. The van der Waals surface area contributed by atoms with Gasteiger partial charge >= 0.3 is 6.09 Å². The lowest BCUT2D eigenvalue weighted by Crippen LogP contribution is -2.44. The summed E-state index contributed by atoms with van der Waals surface area (Å²) >= 11 is 0. The Morgan fingerprint density at radius 3 is 2.75 bits per heavy atom. The van der Waals surface area contributed by atoms with E-state index in [4.69, 9.17) is 4.74 Å². The maximum atomic E-state index is 11.9. The summed E-state index contributed by atoms with van der Waals surface area (Å²) < 4.78 is 11.4. The van der Waals surface area contributed by atoms with E-state index in [1.54, 1.807) is 31.1 Å². The zero-order valence-electron chi connectivity index (χ0n) is 13.8. The van der Waals surface area contributed by atoms with Crippen molar-refractivity contribution in [3.8, 4) is 11.4 Å². The number of para-hydroxylation sites is 2. The number of nitrogens with zero attached hydrogens (tertiary/aromatic N) is 2. The Morgan fingerprint density at radius 1 is 1.29 bits per heavy atom. The van der Waals surface area contributed by atoms with Gasteiger partial charge in [-0.05, 0) is 19.1 Å². The minimum absolute atomic E-state index is 0.293. The van der Waals surface area contributed by atoms with Crippen LogP contribution in [0.25, 0.3) is 5.69 Å². The number of carbonyl (C=O) groups is 2. The number of methoxy groups -OCH3 is 2. The van der Waals surface area contributed by atoms with E-state index < -0.39 is 12.1 Å². The van der Waals surface area contributed by atoms with Crippen molar-refractivity contribution in [3.63, 3.8) is 0 Å². The number of carbonyl (C=O) groups excluding carboxylic acids is 2. The second-order valence-corrected chi connectivity index (χ2v) is 5.04. The third-order valence-corrected chi connectivity index (χ3v) is 3.35. The molecule has 0 bridgehead atoms. The van der Waals surface area contributed by atoms with Crippen LogP contribution in [-0.4, -0.2) is 42.0 Å². The van der Waals surface area contributed by atoms with Gasteiger partial charge < -0.3 is 20.1 Å². The van der Waals surface area contributed by atoms with Gasteiger partial charge in [0.15, 0.2) is 0 Å². The van der Waals surface area contributed by atoms with Gasteiger partial charge in [-0.1, -0.05) is 12.1 Å². The van der Waals surface area contributed by atoms with E-state index in [0.717, 1.165) is 11.3 Å². The zero-order chi connectivity index (χ0) is 17.5. The molecule has 0 aliphatic heterocycles. The first-order valence-electron chi connectivity index (χ1n) is 7.34. The molecule has 0 aliphatic rings. The van der Waals surface area contributed by atoms with Gasteiger partial charge in [0.2, 0.25) is 5.91 Å². The molecule has 2 N–H and O–H groups in total. The fourth-order valence-electron chi connectivity index (χ4n) is 2.05. The van der Waals surface area contributed by atoms with E-state index in [2.05, 4.69) is 20.5 Å². The maximum Gasteiger partial charge on any atom is 0.407 e. The van der Waals surface area contributed by atoms with Crippen molar-refractivity contribution in [2.45, 2.75) is 19.5 Å². The number of benzene rings is 1. The van der Waals surface area contributed by atoms with Gasteiger partial charge in [-0.2, -0.15) is 5.10 Å². The average Bonchev–Trinajstić information content (AvgIpc) is 3.08. The molecule has 2 aromatic rings. The number of rotatable bonds is 6. The molecule has 2 rings (SSSR count). The van der Waals surface area contributed by atoms with Crippen molar-refractivity contribution in [1.82, 2.24) is 20.4 Å². The molecule has 1 heterocycles. The minimum atomic E-state index is -0.693. The van der Waals surface area contributed by atoms with E-state index in [0.29, 0.717) is 12.3 Å². The van der Waals surface area contributed by atoms with Crippen molar-refractivity contribution >= 4 is 12.0 Å². The number of amides is 2. The van der Waals surface area contributed by atoms with Crippen molar-refractivity contribution < 1.29 is 19.1 Å². The van der Waals surface area contributed by atoms with Crippen molar-refractivity contribution in [1.29, 1.82) is 0 Å². The molecule has 0 spiro atoms. The van der Waals surface area contributed by atoms with Crippen LogP contribution < -0.4 is 15.4 Å². The molecule has 8 heteroatoms. The van der Waals surface area contributed by atoms with Crippen LogP contribution in [0.15, 0.2) is 36.7 Å². The van der Waals surface area contributed by atoms with Gasteiger partial charge in [-0.3, -0.25) is 4.79 Å². The third-order valence-electron chi connectivity index (χ3n) is 3.35. The highest BCUT2D eigenvalue weighted by molar-refractivity contribution is 5.85. The van der Waals surface area contributed by atoms with E-state index in [1.807, 2.05) is 24.3 Å². The van der Waals surface area contributed by atoms with E-state index in [1.165, 1.54) is 7.11 Å². The zero-order valence-corrected chi connectivity index (χ0v) is 13.8. The van der Waals surface area contributed by atoms with Gasteiger partial charge in [0.05, 0.1) is 20.4 Å². The van der Waals surface area contributed by atoms with Crippen LogP contribution in [0, 0.1) is 0 Å². The van der Waals surface area contributed by atoms with E-state index >= 15 is 0 Å². The largest absolute Gasteiger partial charge is 0.494 e. The molecule has 8 nitrogen and oxygen atoms in total. The molecule has 0 saturated heterocycles. The lowest BCUT2D eigenvalue weighted by Gasteiger charge is -2.12. The summed E-state index contributed by atoms with van der Waals surface area (Å²) in [4.78, 5) is 23.0. The maximum absolute atomic E-state index is 11.9. The van der Waals surface area contributed by atoms with Crippen LogP contribution in [0.2, 0.25) is 0 Å². The fraction of sp³-hybridized carbons (Fsp3) is 0.312. The molecular weight excluding hydrogens is 312 g/mol. The highest BCUT2D eigenvalue weighted by Gasteiger charge is 2.15. The van der Waals surface area contributed by atoms with Crippen LogP contribution in [0.5, 0.6) is 5.75 Å². The number of hydrogen-bond donors (Lipinski definition) is 2. The van der Waals surface area contributed by atoms with Gasteiger partial charge in [-0.15, -0.1) is 0 Å². The highest BCUT2D eigenvalue weighted by atomic mass is 16.5. The summed E-state index contributed by atoms with van der Waals surface area (Å²) in [5.74, 6) is 0.387. The summed E-state index contributed by atoms with van der Waals surface area (Å²) in [5, 5.41) is 9.40. The molecule has 1 aromatic carbocycles. The second kappa shape index (κ2) is 8.00. The summed E-state index contributed by atoms with van der Waals surface area (Å²) in [6.07, 6.45) is 2.81. The minimum Gasteiger partial charge on any atom is -0.494 e. The van der Waals surface area contributed by atoms with Crippen molar-refractivity contribution in [3.05, 3.63) is 42.2 Å². The highest BCUT2D eigenvalue weighted by Crippen LogP contribution is 2.21. The predicted octanol–water partition coefficient (Wildman–Crippen LogP) is 1.24. The summed E-state index contributed by atoms with van der Waals surface area (Å²) in [6.45, 7) is 1.87. The van der Waals surface area contributed by atoms with Crippen LogP contribution in [0.4, 0.5) is 4.79 Å². The molecule has 24 heavy (non-hydrogen) atoms. The first-order valence-corrected chi connectivity index (χ1v) is 7.34. The van der Waals surface area contributed by atoms with Gasteiger partial charge in [0.1, 0.15) is 17.5 Å². The number of ether oxygens (including phenoxy) is 2. The van der Waals surface area contributed by atoms with Gasteiger partial charge in [0, 0.05) is 18.3 Å². The molecule has 2 amide bonds. The Balaban J connectivity index is 1.97. The van der Waals surface area contributed by atoms with Crippen LogP contribution >= 0.6 is 0 Å². The van der Waals surface area contributed by atoms with Crippen molar-refractivity contribution in [2.75, 3.05) is 14.2 Å². The lowest BCUT2D eigenvalue weighted by atomic mass is 10.3. The topological polar surface area (TPSA) is 94.5 Å². The predicted molar refractivity (Wildman–Crippen MR) is 87.0 cm³/mol. The Hall–Kier alpha value is -3.03. The summed E-state index contributed by atoms with van der Waals surface area (Å²) in [6, 6.07) is 6.81. The Bertz CT molecular complexity index is 714. The monoisotopic (exact) mass is 332 g/mol. The molecular formula is C16H20N4O4. The second-order valence-electron chi connectivity index (χ2n) is 5.04. The van der Waals surface area contributed by atoms with Crippen LogP contribution in [0.3, 0.4) is 0 Å². The first-order chi connectivity index (χ1) is 11.5. The Labute approximate surface area is 139 Å². The van der Waals surface area contributed by atoms with E-state index in [-0.39, 0.29) is 5.91 Å². The normalized spacial score (nSPS) is 11.5. The fourth-order valence-corrected chi connectivity index (χ4v) is 2.05. The quantitative estimate of drug-likeness (QED) is 0.830. The number of nitrogens with one attached hydrogen (secondary N) is 2. The first kappa shape index (κ1) is 17.3. The summed E-state index contributed by atoms with van der Waals surface area (Å²) in [7, 11) is 2.84. The molecule has 0 radical (unpaired) electrons. The standard InChI is InChI=1S/C16H20N4O4/c1-11(19-16(22)24-3)15(21)17-8-12-9-18-20(10-12)13-6-4-5-7-14(13)23-2/h4-7,9-11H,8H2,1-3H3,(H,17,21)(H,19,22)/t11-/m0/s1. The molecule has 0 aliphatic carbocycles. The average molecular weight is 332 g/mol. The number of aromatic nitrogens is 2. The van der Waals surface area contributed by atoms with Crippen LogP contribution in [-0.2, 0) is 16.1 Å². The Morgan fingerprint density at radius 2 is 2.04 bits per heavy atom. The number of alkyl carbamates (subject to hydrolysis) is 1. The smallest absolute Gasteiger partial charge is 0.407 e. The molecule has 128 valence electrons. The Kier molecular flexibility index (Phi) is 5.78. The molecule has 0 saturated carbocycles. The lowest BCUT2D eigenvalue weighted by molar-refractivity contribution is -0.122. The summed E-state index contributed by atoms with van der Waals surface area (Å²) in [5.41, 5.74) is 1.62. The van der Waals surface area contributed by atoms with Gasteiger partial charge in [-0.25, -0.2) is 9.48 Å². The molecule has 0 unspecified atom stereocenters. The molecule has 0 fully saturated rings.